The first kappa shape index (κ1) is 20.6. The number of fused-ring (bicyclic) bond motifs is 1. The van der Waals surface area contributed by atoms with Crippen LogP contribution in [0.1, 0.15) is 44.7 Å². The Labute approximate surface area is 170 Å². The maximum Gasteiger partial charge on any atom is 0.248 e. The molecule has 0 saturated carbocycles. The summed E-state index contributed by atoms with van der Waals surface area (Å²) in [6.07, 6.45) is 5.51. The Bertz CT molecular complexity index is 835. The Kier molecular flexibility index (Phi) is 5.68. The molecule has 28 heavy (non-hydrogen) atoms. The average Bonchev–Trinajstić information content (AvgIpc) is 3.16. The van der Waals surface area contributed by atoms with Crippen LogP contribution in [0.15, 0.2) is 36.7 Å². The minimum absolute atomic E-state index is 0. The van der Waals surface area contributed by atoms with Crippen molar-refractivity contribution in [1.82, 2.24) is 20.4 Å². The Morgan fingerprint density at radius 2 is 2.11 bits per heavy atom. The van der Waals surface area contributed by atoms with Gasteiger partial charge in [-0.15, -0.1) is 12.4 Å². The number of piperidine rings is 1. The van der Waals surface area contributed by atoms with Crippen molar-refractivity contribution in [2.75, 3.05) is 13.1 Å². The van der Waals surface area contributed by atoms with Gasteiger partial charge in [0, 0.05) is 30.4 Å². The van der Waals surface area contributed by atoms with Crippen LogP contribution in [0.4, 0.5) is 4.39 Å². The van der Waals surface area contributed by atoms with Crippen LogP contribution in [0.25, 0.3) is 0 Å². The van der Waals surface area contributed by atoms with E-state index in [2.05, 4.69) is 15.7 Å². The Morgan fingerprint density at radius 3 is 2.79 bits per heavy atom. The zero-order valence-electron chi connectivity index (χ0n) is 16.1. The molecule has 2 N–H and O–H groups in total. The minimum Gasteiger partial charge on any atom is -0.487 e. The van der Waals surface area contributed by atoms with Crippen LogP contribution in [0.5, 0.6) is 5.75 Å². The maximum absolute atomic E-state index is 13.7. The first-order valence-corrected chi connectivity index (χ1v) is 9.40. The summed E-state index contributed by atoms with van der Waals surface area (Å²) in [5, 5.41) is 10.9. The molecule has 2 aliphatic heterocycles. The number of nitrogens with one attached hydrogen (secondary N) is 2. The molecule has 0 spiro atoms. The van der Waals surface area contributed by atoms with Gasteiger partial charge in [-0.2, -0.15) is 5.10 Å². The molecule has 0 aliphatic carbocycles. The smallest absolute Gasteiger partial charge is 0.248 e. The number of nitrogens with zero attached hydrogens (tertiary/aromatic N) is 2. The van der Waals surface area contributed by atoms with Crippen molar-refractivity contribution >= 4 is 18.3 Å². The van der Waals surface area contributed by atoms with Crippen molar-refractivity contribution in [3.05, 3.63) is 48.0 Å². The van der Waals surface area contributed by atoms with Gasteiger partial charge in [0.15, 0.2) is 0 Å². The van der Waals surface area contributed by atoms with Gasteiger partial charge in [-0.1, -0.05) is 6.07 Å². The number of halogens is 2. The fourth-order valence-corrected chi connectivity index (χ4v) is 4.17. The Morgan fingerprint density at radius 1 is 1.36 bits per heavy atom. The monoisotopic (exact) mass is 408 g/mol. The molecule has 1 fully saturated rings. The summed E-state index contributed by atoms with van der Waals surface area (Å²) in [6.45, 7) is 5.42. The number of benzene rings is 1. The average molecular weight is 409 g/mol. The topological polar surface area (TPSA) is 68.2 Å². The first-order valence-electron chi connectivity index (χ1n) is 9.40. The second-order valence-electron chi connectivity index (χ2n) is 8.01. The number of hydrogen-bond acceptors (Lipinski definition) is 4. The molecule has 1 unspecified atom stereocenters. The SMILES string of the molecule is CC1(C)CC(NC(=O)C2(n3cccn3)CCNCC2)c2ccc(F)cc2O1.Cl. The molecule has 3 heterocycles. The molecule has 4 rings (SSSR count). The van der Waals surface area contributed by atoms with E-state index in [0.717, 1.165) is 18.7 Å². The van der Waals surface area contributed by atoms with Gasteiger partial charge in [0.25, 0.3) is 0 Å². The van der Waals surface area contributed by atoms with E-state index in [1.54, 1.807) is 16.9 Å². The van der Waals surface area contributed by atoms with Crippen LogP contribution < -0.4 is 15.4 Å². The number of aromatic nitrogens is 2. The summed E-state index contributed by atoms with van der Waals surface area (Å²) in [6, 6.07) is 6.11. The summed E-state index contributed by atoms with van der Waals surface area (Å²) < 4.78 is 21.4. The van der Waals surface area contributed by atoms with Crippen LogP contribution in [0, 0.1) is 5.82 Å². The van der Waals surface area contributed by atoms with E-state index in [9.17, 15) is 9.18 Å². The molecule has 0 radical (unpaired) electrons. The largest absolute Gasteiger partial charge is 0.487 e. The van der Waals surface area contributed by atoms with Gasteiger partial charge in [-0.05, 0) is 51.9 Å². The van der Waals surface area contributed by atoms with Gasteiger partial charge in [-0.25, -0.2) is 4.39 Å². The van der Waals surface area contributed by atoms with Gasteiger partial charge in [0.1, 0.15) is 22.7 Å². The minimum atomic E-state index is -0.711. The van der Waals surface area contributed by atoms with Crippen molar-refractivity contribution in [1.29, 1.82) is 0 Å². The lowest BCUT2D eigenvalue weighted by molar-refractivity contribution is -0.133. The van der Waals surface area contributed by atoms with Crippen molar-refractivity contribution in [3.63, 3.8) is 0 Å². The van der Waals surface area contributed by atoms with E-state index in [1.165, 1.54) is 12.1 Å². The van der Waals surface area contributed by atoms with Crippen LogP contribution in [-0.4, -0.2) is 34.4 Å². The van der Waals surface area contributed by atoms with Crippen LogP contribution in [0.2, 0.25) is 0 Å². The van der Waals surface area contributed by atoms with Gasteiger partial charge in [-0.3, -0.25) is 9.48 Å². The summed E-state index contributed by atoms with van der Waals surface area (Å²) in [5.74, 6) is 0.101. The number of rotatable bonds is 3. The third-order valence-corrected chi connectivity index (χ3v) is 5.53. The second kappa shape index (κ2) is 7.72. The van der Waals surface area contributed by atoms with Crippen molar-refractivity contribution in [2.24, 2.45) is 0 Å². The molecule has 2 aliphatic rings. The fourth-order valence-electron chi connectivity index (χ4n) is 4.17. The van der Waals surface area contributed by atoms with Crippen LogP contribution in [0.3, 0.4) is 0 Å². The Balaban J connectivity index is 0.00000225. The molecule has 1 amide bonds. The summed E-state index contributed by atoms with van der Waals surface area (Å²) in [4.78, 5) is 13.5. The molecule has 1 saturated heterocycles. The van der Waals surface area contributed by atoms with E-state index in [0.29, 0.717) is 25.0 Å². The standard InChI is InChI=1S/C20H25FN4O2.ClH/c1-19(2)13-16(15-5-4-14(21)12-17(15)27-19)24-18(26)20(6-9-22-10-7-20)25-11-3-8-23-25;/h3-5,8,11-12,16,22H,6-7,9-10,13H2,1-2H3,(H,24,26);1H. The molecular formula is C20H26ClFN4O2. The number of carbonyl (C=O) groups is 1. The highest BCUT2D eigenvalue weighted by atomic mass is 35.5. The van der Waals surface area contributed by atoms with Gasteiger partial charge in [0.2, 0.25) is 5.91 Å². The predicted molar refractivity (Wildman–Crippen MR) is 106 cm³/mol. The highest BCUT2D eigenvalue weighted by Gasteiger charge is 2.44. The van der Waals surface area contributed by atoms with Crippen molar-refractivity contribution in [2.45, 2.75) is 50.3 Å². The number of carbonyl (C=O) groups excluding carboxylic acids is 1. The summed E-state index contributed by atoms with van der Waals surface area (Å²) in [5.41, 5.74) is -0.392. The lowest BCUT2D eigenvalue weighted by Gasteiger charge is -2.41. The van der Waals surface area contributed by atoms with Gasteiger partial charge in [0.05, 0.1) is 6.04 Å². The van der Waals surface area contributed by atoms with Gasteiger partial charge < -0.3 is 15.4 Å². The van der Waals surface area contributed by atoms with Crippen molar-refractivity contribution in [3.8, 4) is 5.75 Å². The molecule has 1 aromatic heterocycles. The van der Waals surface area contributed by atoms with E-state index in [4.69, 9.17) is 4.74 Å². The molecule has 6 nitrogen and oxygen atoms in total. The summed E-state index contributed by atoms with van der Waals surface area (Å²) in [7, 11) is 0. The third kappa shape index (κ3) is 3.73. The maximum atomic E-state index is 13.7. The lowest BCUT2D eigenvalue weighted by Crippen LogP contribution is -2.56. The zero-order chi connectivity index (χ0) is 19.1. The van der Waals surface area contributed by atoms with Crippen LogP contribution >= 0.6 is 12.4 Å². The highest BCUT2D eigenvalue weighted by molar-refractivity contribution is 5.85. The van der Waals surface area contributed by atoms with E-state index in [-0.39, 0.29) is 30.2 Å². The molecule has 1 aromatic carbocycles. The lowest BCUT2D eigenvalue weighted by atomic mass is 9.85. The molecule has 0 bridgehead atoms. The number of hydrogen-bond donors (Lipinski definition) is 2. The van der Waals surface area contributed by atoms with Gasteiger partial charge >= 0.3 is 0 Å². The molecule has 1 atom stereocenters. The van der Waals surface area contributed by atoms with E-state index >= 15 is 0 Å². The zero-order valence-corrected chi connectivity index (χ0v) is 16.9. The number of ether oxygens (including phenoxy) is 1. The molecule has 2 aromatic rings. The Hall–Kier alpha value is -2.12. The normalized spacial score (nSPS) is 22.3. The molecule has 8 heteroatoms. The third-order valence-electron chi connectivity index (χ3n) is 5.53. The van der Waals surface area contributed by atoms with E-state index in [1.807, 2.05) is 26.1 Å². The predicted octanol–water partition coefficient (Wildman–Crippen LogP) is 2.94. The molecule has 152 valence electrons. The summed E-state index contributed by atoms with van der Waals surface area (Å²) >= 11 is 0. The fraction of sp³-hybridized carbons (Fsp3) is 0.500. The van der Waals surface area contributed by atoms with Crippen LogP contribution in [-0.2, 0) is 10.3 Å². The molecular weight excluding hydrogens is 383 g/mol. The second-order valence-corrected chi connectivity index (χ2v) is 8.01. The first-order chi connectivity index (χ1) is 12.9. The highest BCUT2D eigenvalue weighted by Crippen LogP contribution is 2.40. The number of amides is 1. The quantitative estimate of drug-likeness (QED) is 0.819. The van der Waals surface area contributed by atoms with E-state index < -0.39 is 11.1 Å². The van der Waals surface area contributed by atoms with Crippen molar-refractivity contribution < 1.29 is 13.9 Å².